The zero-order chi connectivity index (χ0) is 17.5. The van der Waals surface area contributed by atoms with E-state index in [-0.39, 0.29) is 24.5 Å². The minimum absolute atomic E-state index is 0.0347. The van der Waals surface area contributed by atoms with Gasteiger partial charge in [-0.1, -0.05) is 23.8 Å². The number of anilines is 2. The maximum absolute atomic E-state index is 14.2. The van der Waals surface area contributed by atoms with E-state index in [1.54, 1.807) is 0 Å². The average molecular weight is 350 g/mol. The molecule has 2 aromatic carbocycles. The molecule has 0 aliphatic heterocycles. The molecular weight excluding hydrogens is 330 g/mol. The van der Waals surface area contributed by atoms with Crippen LogP contribution in [0.15, 0.2) is 36.4 Å². The molecule has 0 bridgehead atoms. The normalized spacial score (nSPS) is 10.5. The fraction of sp³-hybridized carbons (Fsp3) is 0.235. The molecule has 0 aliphatic rings. The summed E-state index contributed by atoms with van der Waals surface area (Å²) in [5.74, 6) is -1.10. The van der Waals surface area contributed by atoms with Crippen molar-refractivity contribution < 1.29 is 19.1 Å². The number of aliphatic hydroxyl groups excluding tert-OH is 1. The average Bonchev–Trinajstić information content (AvgIpc) is 2.55. The van der Waals surface area contributed by atoms with E-state index < -0.39 is 11.7 Å². The molecule has 5 nitrogen and oxygen atoms in total. The number of carbonyl (C=O) groups is 1. The summed E-state index contributed by atoms with van der Waals surface area (Å²) in [4.78, 5) is 17.2. The second-order valence-electron chi connectivity index (χ2n) is 5.23. The molecule has 0 spiro atoms. The molecule has 3 N–H and O–H groups in total. The number of hydrogen-bond donors (Lipinski definition) is 3. The zero-order valence-electron chi connectivity index (χ0n) is 13.3. The van der Waals surface area contributed by atoms with Crippen LogP contribution in [0.4, 0.5) is 15.8 Å². The summed E-state index contributed by atoms with van der Waals surface area (Å²) in [7, 11) is 2.58. The minimum atomic E-state index is -0.563. The molecule has 0 aromatic heterocycles. The molecule has 1 unspecified atom stereocenters. The second kappa shape index (κ2) is 8.73. The maximum atomic E-state index is 14.2. The van der Waals surface area contributed by atoms with E-state index in [2.05, 4.69) is 20.0 Å². The van der Waals surface area contributed by atoms with Crippen LogP contribution in [0.1, 0.15) is 22.3 Å². The van der Waals surface area contributed by atoms with Crippen LogP contribution >= 0.6 is 9.24 Å². The van der Waals surface area contributed by atoms with Gasteiger partial charge < -0.3 is 10.4 Å². The quantitative estimate of drug-likeness (QED) is 0.407. The van der Waals surface area contributed by atoms with Crippen LogP contribution in [0.2, 0.25) is 0 Å². The highest BCUT2D eigenvalue weighted by atomic mass is 31.0. The Labute approximate surface area is 142 Å². The first-order valence-electron chi connectivity index (χ1n) is 7.47. The molecule has 7 heteroatoms. The largest absolute Gasteiger partial charge is 0.396 e. The number of nitrogens with one attached hydrogen (secondary N) is 2. The lowest BCUT2D eigenvalue weighted by Crippen LogP contribution is -2.25. The molecule has 0 aliphatic carbocycles. The van der Waals surface area contributed by atoms with Gasteiger partial charge in [-0.05, 0) is 36.8 Å². The van der Waals surface area contributed by atoms with Gasteiger partial charge in [-0.2, -0.15) is 0 Å². The lowest BCUT2D eigenvalue weighted by atomic mass is 10.1. The number of hydroxylamine groups is 1. The Morgan fingerprint density at radius 2 is 2.12 bits per heavy atom. The number of aryl methyl sites for hydroxylation is 1. The number of hydrogen-bond acceptors (Lipinski definition) is 4. The summed E-state index contributed by atoms with van der Waals surface area (Å²) in [6, 6.07) is 9.90. The van der Waals surface area contributed by atoms with Gasteiger partial charge in [0, 0.05) is 12.3 Å². The van der Waals surface area contributed by atoms with Crippen molar-refractivity contribution in [2.24, 2.45) is 0 Å². The lowest BCUT2D eigenvalue weighted by molar-refractivity contribution is 0.0262. The molecular formula is C17H20FN2O3P. The molecule has 2 rings (SSSR count). The topological polar surface area (TPSA) is 70.6 Å². The smallest absolute Gasteiger partial charge is 0.277 e. The molecule has 0 saturated heterocycles. The Kier molecular flexibility index (Phi) is 6.67. The third-order valence-corrected chi connectivity index (χ3v) is 3.77. The van der Waals surface area contributed by atoms with E-state index in [9.17, 15) is 9.18 Å². The van der Waals surface area contributed by atoms with Crippen molar-refractivity contribution in [1.29, 1.82) is 0 Å². The Bertz CT molecular complexity index is 725. The highest BCUT2D eigenvalue weighted by Crippen LogP contribution is 2.24. The van der Waals surface area contributed by atoms with Crippen LogP contribution in [0.5, 0.6) is 0 Å². The van der Waals surface area contributed by atoms with Crippen LogP contribution in [0.25, 0.3) is 0 Å². The molecule has 0 radical (unpaired) electrons. The number of amides is 1. The number of carbonyl (C=O) groups excluding carboxylic acids is 1. The highest BCUT2D eigenvalue weighted by molar-refractivity contribution is 7.28. The number of halogens is 1. The van der Waals surface area contributed by atoms with Crippen molar-refractivity contribution in [1.82, 2.24) is 5.48 Å². The van der Waals surface area contributed by atoms with Gasteiger partial charge in [-0.15, -0.1) is 9.24 Å². The van der Waals surface area contributed by atoms with Crippen LogP contribution in [-0.2, 0) is 4.84 Å². The SMILES string of the molecule is Cc1ccc(Nc2c(F)cccc2C(=O)NOCCCO)c(P)c1. The zero-order valence-corrected chi connectivity index (χ0v) is 14.5. The van der Waals surface area contributed by atoms with Crippen LogP contribution in [0, 0.1) is 12.7 Å². The highest BCUT2D eigenvalue weighted by Gasteiger charge is 2.16. The Hall–Kier alpha value is -2.01. The molecule has 128 valence electrons. The molecule has 0 fully saturated rings. The predicted molar refractivity (Wildman–Crippen MR) is 95.3 cm³/mol. The first kappa shape index (κ1) is 18.3. The standard InChI is InChI=1S/C17H20FN2O3P/c1-11-6-7-14(15(24)10-11)19-16-12(4-2-5-13(16)18)17(22)20-23-9-3-8-21/h2,4-7,10,19,21H,3,8-9,24H2,1H3,(H,20,22). The van der Waals surface area contributed by atoms with Crippen molar-refractivity contribution in [3.05, 3.63) is 53.3 Å². The van der Waals surface area contributed by atoms with Crippen LogP contribution < -0.4 is 16.1 Å². The van der Waals surface area contributed by atoms with Crippen molar-refractivity contribution >= 4 is 31.8 Å². The predicted octanol–water partition coefficient (Wildman–Crippen LogP) is 2.42. The summed E-state index contributed by atoms with van der Waals surface area (Å²) in [5, 5.41) is 12.5. The minimum Gasteiger partial charge on any atom is -0.396 e. The molecule has 24 heavy (non-hydrogen) atoms. The summed E-state index contributed by atoms with van der Waals surface area (Å²) >= 11 is 0. The monoisotopic (exact) mass is 350 g/mol. The van der Waals surface area contributed by atoms with Gasteiger partial charge in [0.1, 0.15) is 5.82 Å². The Morgan fingerprint density at radius 1 is 1.33 bits per heavy atom. The van der Waals surface area contributed by atoms with Crippen LogP contribution in [-0.4, -0.2) is 24.2 Å². The number of benzene rings is 2. The van der Waals surface area contributed by atoms with Crippen molar-refractivity contribution in [3.8, 4) is 0 Å². The number of rotatable bonds is 7. The molecule has 0 heterocycles. The van der Waals surface area contributed by atoms with Crippen molar-refractivity contribution in [2.45, 2.75) is 13.3 Å². The van der Waals surface area contributed by atoms with Gasteiger partial charge >= 0.3 is 0 Å². The first-order chi connectivity index (χ1) is 11.5. The van der Waals surface area contributed by atoms with E-state index in [1.807, 2.05) is 25.1 Å². The van der Waals surface area contributed by atoms with E-state index in [0.29, 0.717) is 12.1 Å². The van der Waals surface area contributed by atoms with Crippen LogP contribution in [0.3, 0.4) is 0 Å². The van der Waals surface area contributed by atoms with Crippen molar-refractivity contribution in [3.63, 3.8) is 0 Å². The summed E-state index contributed by atoms with van der Waals surface area (Å²) in [6.07, 6.45) is 0.397. The maximum Gasteiger partial charge on any atom is 0.277 e. The molecule has 1 atom stereocenters. The lowest BCUT2D eigenvalue weighted by Gasteiger charge is -2.15. The van der Waals surface area contributed by atoms with Gasteiger partial charge in [0.2, 0.25) is 0 Å². The molecule has 0 saturated carbocycles. The molecule has 2 aromatic rings. The third-order valence-electron chi connectivity index (χ3n) is 3.29. The van der Waals surface area contributed by atoms with Gasteiger partial charge in [0.25, 0.3) is 5.91 Å². The fourth-order valence-corrected chi connectivity index (χ4v) is 2.51. The van der Waals surface area contributed by atoms with E-state index >= 15 is 0 Å². The second-order valence-corrected chi connectivity index (χ2v) is 5.86. The van der Waals surface area contributed by atoms with E-state index in [1.165, 1.54) is 18.2 Å². The Morgan fingerprint density at radius 3 is 2.83 bits per heavy atom. The van der Waals surface area contributed by atoms with E-state index in [4.69, 9.17) is 9.94 Å². The van der Waals surface area contributed by atoms with Gasteiger partial charge in [0.05, 0.1) is 17.9 Å². The number of para-hydroxylation sites is 1. The third kappa shape index (κ3) is 4.74. The molecule has 1 amide bonds. The summed E-state index contributed by atoms with van der Waals surface area (Å²) in [5.41, 5.74) is 4.22. The van der Waals surface area contributed by atoms with Gasteiger partial charge in [0.15, 0.2) is 0 Å². The Balaban J connectivity index is 2.21. The summed E-state index contributed by atoms with van der Waals surface area (Å²) < 4.78 is 14.2. The van der Waals surface area contributed by atoms with E-state index in [0.717, 1.165) is 10.9 Å². The number of aliphatic hydroxyl groups is 1. The van der Waals surface area contributed by atoms with Crippen molar-refractivity contribution in [2.75, 3.05) is 18.5 Å². The fourth-order valence-electron chi connectivity index (χ4n) is 2.08. The summed E-state index contributed by atoms with van der Waals surface area (Å²) in [6.45, 7) is 2.10. The first-order valence-corrected chi connectivity index (χ1v) is 8.05. The van der Waals surface area contributed by atoms with Gasteiger partial charge in [-0.25, -0.2) is 9.87 Å². The van der Waals surface area contributed by atoms with Gasteiger partial charge in [-0.3, -0.25) is 9.63 Å².